The van der Waals surface area contributed by atoms with E-state index < -0.39 is 41.0 Å². The zero-order chi connectivity index (χ0) is 31.6. The fraction of sp³-hybridized carbons (Fsp3) is 0.667. The average molecular weight is 694 g/mol. The van der Waals surface area contributed by atoms with Crippen molar-refractivity contribution in [2.45, 2.75) is 121 Å². The van der Waals surface area contributed by atoms with E-state index in [9.17, 15) is 14.4 Å². The van der Waals surface area contributed by atoms with Gasteiger partial charge in [0.05, 0.1) is 28.5 Å². The molecule has 1 aromatic rings. The molecule has 2 saturated heterocycles. The third-order valence-corrected chi connectivity index (χ3v) is 11.1. The van der Waals surface area contributed by atoms with E-state index >= 15 is 0 Å². The van der Waals surface area contributed by atoms with Crippen LogP contribution in [0.25, 0.3) is 0 Å². The van der Waals surface area contributed by atoms with Crippen LogP contribution in [0.4, 0.5) is 4.79 Å². The number of esters is 1. The van der Waals surface area contributed by atoms with Crippen LogP contribution < -0.4 is 0 Å². The third-order valence-electron chi connectivity index (χ3n) is 8.63. The van der Waals surface area contributed by atoms with Crippen LogP contribution in [-0.4, -0.2) is 76.4 Å². The number of nitrogens with zero attached hydrogens (tertiary/aromatic N) is 2. The predicted molar refractivity (Wildman–Crippen MR) is 172 cm³/mol. The summed E-state index contributed by atoms with van der Waals surface area (Å²) in [5, 5.41) is -0.452. The van der Waals surface area contributed by atoms with Gasteiger partial charge < -0.3 is 23.8 Å². The molecule has 0 spiro atoms. The number of rotatable bonds is 9. The Balaban J connectivity index is 1.38. The molecular formula is C33H45BrN2O7S. The van der Waals surface area contributed by atoms with E-state index in [1.807, 2.05) is 37.3 Å². The van der Waals surface area contributed by atoms with Crippen molar-refractivity contribution in [2.24, 2.45) is 5.92 Å². The first kappa shape index (κ1) is 33.4. The van der Waals surface area contributed by atoms with Gasteiger partial charge in [-0.1, -0.05) is 42.1 Å². The molecule has 7 atom stereocenters. The first-order valence-corrected chi connectivity index (χ1v) is 17.5. The van der Waals surface area contributed by atoms with Crippen molar-refractivity contribution in [3.8, 4) is 0 Å². The number of imide groups is 1. The summed E-state index contributed by atoms with van der Waals surface area (Å²) in [4.78, 5) is 44.0. The molecule has 0 bridgehead atoms. The van der Waals surface area contributed by atoms with Gasteiger partial charge in [0, 0.05) is 6.61 Å². The van der Waals surface area contributed by atoms with Gasteiger partial charge in [-0.05, 0) is 107 Å². The van der Waals surface area contributed by atoms with Gasteiger partial charge in [0.2, 0.25) is 5.91 Å². The Labute approximate surface area is 273 Å². The topological polar surface area (TPSA) is 94.6 Å². The van der Waals surface area contributed by atoms with E-state index in [2.05, 4.69) is 15.9 Å². The van der Waals surface area contributed by atoms with Gasteiger partial charge in [-0.25, -0.2) is 14.5 Å². The lowest BCUT2D eigenvalue weighted by atomic mass is 9.94. The summed E-state index contributed by atoms with van der Waals surface area (Å²) in [5.41, 5.74) is 1.04. The fourth-order valence-electron chi connectivity index (χ4n) is 6.36. The predicted octanol–water partition coefficient (Wildman–Crippen LogP) is 6.91. The second kappa shape index (κ2) is 14.2. The molecule has 6 unspecified atom stereocenters. The van der Waals surface area contributed by atoms with Gasteiger partial charge >= 0.3 is 12.0 Å². The molecule has 3 fully saturated rings. The van der Waals surface area contributed by atoms with Crippen molar-refractivity contribution in [3.05, 3.63) is 45.3 Å². The highest BCUT2D eigenvalue weighted by Crippen LogP contribution is 2.50. The molecule has 3 aliphatic heterocycles. The highest BCUT2D eigenvalue weighted by molar-refractivity contribution is 9.14. The molecule has 1 aliphatic carbocycles. The van der Waals surface area contributed by atoms with Crippen LogP contribution in [0.5, 0.6) is 0 Å². The summed E-state index contributed by atoms with van der Waals surface area (Å²) in [6.45, 7) is 9.72. The van der Waals surface area contributed by atoms with Crippen LogP contribution >= 0.6 is 27.7 Å². The summed E-state index contributed by atoms with van der Waals surface area (Å²) in [6, 6.07) is 8.31. The Morgan fingerprint density at radius 3 is 2.50 bits per heavy atom. The van der Waals surface area contributed by atoms with Crippen molar-refractivity contribution in [1.82, 2.24) is 9.80 Å². The molecule has 5 rings (SSSR count). The molecule has 0 aromatic heterocycles. The maximum absolute atomic E-state index is 14.2. The summed E-state index contributed by atoms with van der Waals surface area (Å²) in [5.74, 6) is -1.59. The summed E-state index contributed by atoms with van der Waals surface area (Å²) in [6.07, 6.45) is 6.14. The van der Waals surface area contributed by atoms with Gasteiger partial charge in [0.25, 0.3) is 0 Å². The zero-order valence-corrected chi connectivity index (χ0v) is 28.7. The number of hydrogen-bond acceptors (Lipinski definition) is 8. The maximum Gasteiger partial charge on any atom is 0.329 e. The van der Waals surface area contributed by atoms with Crippen molar-refractivity contribution < 1.29 is 33.3 Å². The second-order valence-electron chi connectivity index (χ2n) is 13.2. The van der Waals surface area contributed by atoms with Crippen molar-refractivity contribution in [2.75, 3.05) is 13.2 Å². The monoisotopic (exact) mass is 692 g/mol. The number of thioether (sulfide) groups is 1. The number of ether oxygens (including phenoxy) is 4. The first-order valence-electron chi connectivity index (χ1n) is 15.8. The number of carbonyl (C=O) groups excluding carboxylic acids is 3. The molecule has 3 amide bonds. The minimum Gasteiger partial charge on any atom is -0.458 e. The van der Waals surface area contributed by atoms with Crippen LogP contribution in [0.15, 0.2) is 39.7 Å². The Hall–Kier alpha value is -1.92. The average Bonchev–Trinajstić information content (AvgIpc) is 3.28. The molecule has 1 saturated carbocycles. The van der Waals surface area contributed by atoms with E-state index in [1.54, 1.807) is 32.6 Å². The summed E-state index contributed by atoms with van der Waals surface area (Å²) >= 11 is 5.08. The fourth-order valence-corrected chi connectivity index (χ4v) is 8.47. The molecule has 9 nitrogen and oxygen atoms in total. The molecule has 242 valence electrons. The molecule has 44 heavy (non-hydrogen) atoms. The molecular weight excluding hydrogens is 648 g/mol. The standard InChI is InChI=1S/C33H45BrN2O7S/c1-20-27-29(37)36(21(2)31(38)43-33(3,4)5)32(39)35(30(27)44-28(20)34)19-25(22-12-7-6-8-13-22)41-23-14-11-15-24(18-23)42-26-16-9-10-17-40-26/h6-8,12-13,21,23-27,30H,9-11,14-19H2,1-5H3/t21?,23?,24?,25-,26?,27?,30?/m0/s1. The summed E-state index contributed by atoms with van der Waals surface area (Å²) < 4.78 is 25.4. The highest BCUT2D eigenvalue weighted by Gasteiger charge is 2.54. The normalized spacial score (nSPS) is 29.5. The molecule has 1 aromatic carbocycles. The van der Waals surface area contributed by atoms with E-state index in [4.69, 9.17) is 18.9 Å². The van der Waals surface area contributed by atoms with Crippen molar-refractivity contribution in [3.63, 3.8) is 0 Å². The number of hydrogen-bond donors (Lipinski definition) is 0. The zero-order valence-electron chi connectivity index (χ0n) is 26.3. The quantitative estimate of drug-likeness (QED) is 0.258. The molecule has 11 heteroatoms. The van der Waals surface area contributed by atoms with Gasteiger partial charge in [-0.3, -0.25) is 4.79 Å². The number of benzene rings is 1. The van der Waals surface area contributed by atoms with Gasteiger partial charge in [0.1, 0.15) is 23.1 Å². The minimum absolute atomic E-state index is 0.0560. The Morgan fingerprint density at radius 1 is 1.09 bits per heavy atom. The molecule has 0 N–H and O–H groups in total. The number of urea groups is 1. The van der Waals surface area contributed by atoms with Crippen molar-refractivity contribution in [1.29, 1.82) is 0 Å². The highest BCUT2D eigenvalue weighted by atomic mass is 79.9. The van der Waals surface area contributed by atoms with E-state index in [0.717, 1.165) is 71.4 Å². The summed E-state index contributed by atoms with van der Waals surface area (Å²) in [7, 11) is 0. The Kier molecular flexibility index (Phi) is 10.8. The Bertz CT molecular complexity index is 1230. The van der Waals surface area contributed by atoms with Crippen LogP contribution in [-0.2, 0) is 28.5 Å². The second-order valence-corrected chi connectivity index (χ2v) is 15.6. The van der Waals surface area contributed by atoms with Crippen LogP contribution in [0.1, 0.15) is 91.2 Å². The Morgan fingerprint density at radius 2 is 1.82 bits per heavy atom. The minimum atomic E-state index is -1.08. The van der Waals surface area contributed by atoms with E-state index in [1.165, 1.54) is 11.8 Å². The molecule has 3 heterocycles. The maximum atomic E-state index is 14.2. The van der Waals surface area contributed by atoms with Crippen LogP contribution in [0, 0.1) is 5.92 Å². The van der Waals surface area contributed by atoms with E-state index in [-0.39, 0.29) is 30.9 Å². The SMILES string of the molecule is CC1=C(Br)SC2C1C(=O)N(C(C)C(=O)OC(C)(C)C)C(=O)N2C[C@H](OC1CCCC(OC2CCCCO2)C1)c1ccccc1. The number of halogens is 1. The smallest absolute Gasteiger partial charge is 0.329 e. The van der Waals surface area contributed by atoms with Gasteiger partial charge in [-0.15, -0.1) is 0 Å². The van der Waals surface area contributed by atoms with Gasteiger partial charge in [-0.2, -0.15) is 0 Å². The lowest BCUT2D eigenvalue weighted by Gasteiger charge is -2.45. The van der Waals surface area contributed by atoms with Crippen LogP contribution in [0.2, 0.25) is 0 Å². The number of amides is 3. The third kappa shape index (κ3) is 7.71. The molecule has 0 radical (unpaired) electrons. The largest absolute Gasteiger partial charge is 0.458 e. The van der Waals surface area contributed by atoms with Gasteiger partial charge in [0.15, 0.2) is 6.29 Å². The van der Waals surface area contributed by atoms with Crippen LogP contribution in [0.3, 0.4) is 0 Å². The lowest BCUT2D eigenvalue weighted by molar-refractivity contribution is -0.202. The number of carbonyl (C=O) groups is 3. The lowest BCUT2D eigenvalue weighted by Crippen LogP contribution is -2.64. The van der Waals surface area contributed by atoms with Crippen molar-refractivity contribution >= 4 is 45.6 Å². The number of fused-ring (bicyclic) bond motifs is 1. The van der Waals surface area contributed by atoms with E-state index in [0.29, 0.717) is 0 Å². The first-order chi connectivity index (χ1) is 20.9. The molecule has 4 aliphatic rings.